The van der Waals surface area contributed by atoms with E-state index in [1.165, 1.54) is 12.1 Å². The first-order chi connectivity index (χ1) is 16.6. The van der Waals surface area contributed by atoms with E-state index < -0.39 is 15.9 Å². The van der Waals surface area contributed by atoms with E-state index in [1.54, 1.807) is 23.9 Å². The molecule has 1 amide bonds. The standard InChI is InChI=1S/C24H30N6O4S/c1-16-13-17(2)25-23-22(16)24(27-30(23)4)34-15-21(31)26-18-9-8-10-19(14-18)35(32,33)28-20-11-6-5-7-12-29(20)3/h8-10,13-14H,5-7,11-12,15H2,1-4H3,(H,26,31)/b28-20-. The Balaban J connectivity index is 1.46. The lowest BCUT2D eigenvalue weighted by atomic mass is 10.2. The van der Waals surface area contributed by atoms with Crippen molar-refractivity contribution in [1.82, 2.24) is 19.7 Å². The molecule has 1 aliphatic heterocycles. The van der Waals surface area contributed by atoms with Gasteiger partial charge in [0.2, 0.25) is 5.88 Å². The van der Waals surface area contributed by atoms with Crippen LogP contribution in [-0.4, -0.2) is 60.0 Å². The van der Waals surface area contributed by atoms with Gasteiger partial charge in [-0.05, 0) is 56.5 Å². The van der Waals surface area contributed by atoms with Crippen LogP contribution in [0.25, 0.3) is 11.0 Å². The molecule has 186 valence electrons. The minimum absolute atomic E-state index is 0.0224. The van der Waals surface area contributed by atoms with Gasteiger partial charge in [-0.2, -0.15) is 8.42 Å². The molecule has 1 N–H and O–H groups in total. The molecule has 0 aliphatic carbocycles. The Morgan fingerprint density at radius 2 is 1.97 bits per heavy atom. The van der Waals surface area contributed by atoms with E-state index in [0.717, 1.165) is 42.5 Å². The third-order valence-corrected chi connectivity index (χ3v) is 7.20. The van der Waals surface area contributed by atoms with Crippen molar-refractivity contribution in [3.63, 3.8) is 0 Å². The summed E-state index contributed by atoms with van der Waals surface area (Å²) in [6, 6.07) is 8.00. The van der Waals surface area contributed by atoms with E-state index in [9.17, 15) is 13.2 Å². The van der Waals surface area contributed by atoms with E-state index in [4.69, 9.17) is 4.74 Å². The maximum atomic E-state index is 12.9. The predicted molar refractivity (Wildman–Crippen MR) is 134 cm³/mol. The Morgan fingerprint density at radius 3 is 2.77 bits per heavy atom. The highest BCUT2D eigenvalue weighted by atomic mass is 32.2. The summed E-state index contributed by atoms with van der Waals surface area (Å²) in [6.07, 6.45) is 3.61. The highest BCUT2D eigenvalue weighted by molar-refractivity contribution is 7.90. The maximum absolute atomic E-state index is 12.9. The van der Waals surface area contributed by atoms with Crippen molar-refractivity contribution in [2.45, 2.75) is 44.4 Å². The number of carbonyl (C=O) groups excluding carboxylic acids is 1. The number of sulfonamides is 1. The van der Waals surface area contributed by atoms with Crippen LogP contribution >= 0.6 is 0 Å². The van der Waals surface area contributed by atoms with Gasteiger partial charge >= 0.3 is 0 Å². The summed E-state index contributed by atoms with van der Waals surface area (Å²) in [7, 11) is -0.280. The molecule has 0 bridgehead atoms. The van der Waals surface area contributed by atoms with Crippen molar-refractivity contribution in [2.24, 2.45) is 11.4 Å². The predicted octanol–water partition coefficient (Wildman–Crippen LogP) is 3.20. The number of aromatic nitrogens is 3. The first-order valence-corrected chi connectivity index (χ1v) is 13.0. The summed E-state index contributed by atoms with van der Waals surface area (Å²) < 4.78 is 37.2. The fraction of sp³-hybridized carbons (Fsp3) is 0.417. The molecule has 1 fully saturated rings. The molecule has 0 unspecified atom stereocenters. The van der Waals surface area contributed by atoms with Crippen LogP contribution in [0.5, 0.6) is 5.88 Å². The number of anilines is 1. The number of amides is 1. The second kappa shape index (κ2) is 10.0. The number of amidine groups is 1. The molecule has 1 aliphatic rings. The van der Waals surface area contributed by atoms with Crippen molar-refractivity contribution in [2.75, 3.05) is 25.5 Å². The topological polar surface area (TPSA) is 119 Å². The van der Waals surface area contributed by atoms with E-state index in [1.807, 2.05) is 31.9 Å². The van der Waals surface area contributed by atoms with Crippen LogP contribution in [0.2, 0.25) is 0 Å². The second-order valence-corrected chi connectivity index (χ2v) is 10.4. The lowest BCUT2D eigenvalue weighted by Crippen LogP contribution is -2.27. The van der Waals surface area contributed by atoms with Gasteiger partial charge < -0.3 is 15.0 Å². The molecular formula is C24H30N6O4S. The highest BCUT2D eigenvalue weighted by Gasteiger charge is 2.20. The molecule has 0 saturated carbocycles. The Morgan fingerprint density at radius 1 is 1.17 bits per heavy atom. The zero-order valence-electron chi connectivity index (χ0n) is 20.4. The van der Waals surface area contributed by atoms with Crippen molar-refractivity contribution in [1.29, 1.82) is 0 Å². The molecule has 0 radical (unpaired) electrons. The van der Waals surface area contributed by atoms with Gasteiger partial charge in [0, 0.05) is 38.4 Å². The number of likely N-dealkylation sites (tertiary alicyclic amines) is 1. The molecule has 1 saturated heterocycles. The van der Waals surface area contributed by atoms with Crippen LogP contribution in [0.3, 0.4) is 0 Å². The minimum Gasteiger partial charge on any atom is -0.466 e. The maximum Gasteiger partial charge on any atom is 0.284 e. The van der Waals surface area contributed by atoms with Gasteiger partial charge in [0.05, 0.1) is 10.3 Å². The average Bonchev–Trinajstić information content (AvgIpc) is 2.98. The largest absolute Gasteiger partial charge is 0.466 e. The summed E-state index contributed by atoms with van der Waals surface area (Å²) in [5.74, 6) is 0.445. The molecule has 11 heteroatoms. The summed E-state index contributed by atoms with van der Waals surface area (Å²) in [4.78, 5) is 19.0. The van der Waals surface area contributed by atoms with Crippen LogP contribution in [0.15, 0.2) is 39.6 Å². The summed E-state index contributed by atoms with van der Waals surface area (Å²) in [5, 5.41) is 7.78. The third kappa shape index (κ3) is 5.61. The first kappa shape index (κ1) is 24.6. The molecule has 0 spiro atoms. The van der Waals surface area contributed by atoms with Gasteiger partial charge in [-0.25, -0.2) is 9.67 Å². The number of hydrogen-bond donors (Lipinski definition) is 1. The lowest BCUT2D eigenvalue weighted by Gasteiger charge is -2.17. The summed E-state index contributed by atoms with van der Waals surface area (Å²) in [6.45, 7) is 4.34. The molecule has 1 aromatic carbocycles. The summed E-state index contributed by atoms with van der Waals surface area (Å²) >= 11 is 0. The lowest BCUT2D eigenvalue weighted by molar-refractivity contribution is -0.118. The number of hydrogen-bond acceptors (Lipinski definition) is 6. The Labute approximate surface area is 205 Å². The van der Waals surface area contributed by atoms with Gasteiger partial charge in [-0.3, -0.25) is 4.79 Å². The smallest absolute Gasteiger partial charge is 0.284 e. The van der Waals surface area contributed by atoms with Crippen molar-refractivity contribution >= 4 is 38.5 Å². The first-order valence-electron chi connectivity index (χ1n) is 11.5. The number of ether oxygens (including phenoxy) is 1. The van der Waals surface area contributed by atoms with E-state index in [-0.39, 0.29) is 11.5 Å². The number of nitrogens with zero attached hydrogens (tertiary/aromatic N) is 5. The monoisotopic (exact) mass is 498 g/mol. The normalized spacial score (nSPS) is 15.9. The summed E-state index contributed by atoms with van der Waals surface area (Å²) in [5.41, 5.74) is 2.84. The van der Waals surface area contributed by atoms with Crippen molar-refractivity contribution in [3.8, 4) is 5.88 Å². The Kier molecular flexibility index (Phi) is 7.06. The fourth-order valence-corrected chi connectivity index (χ4v) is 5.29. The quantitative estimate of drug-likeness (QED) is 0.554. The molecule has 10 nitrogen and oxygen atoms in total. The van der Waals surface area contributed by atoms with Gasteiger partial charge in [-0.15, -0.1) is 9.50 Å². The zero-order valence-corrected chi connectivity index (χ0v) is 21.2. The number of pyridine rings is 1. The molecule has 2 aromatic heterocycles. The highest BCUT2D eigenvalue weighted by Crippen LogP contribution is 2.27. The van der Waals surface area contributed by atoms with Crippen LogP contribution in [0.1, 0.15) is 36.9 Å². The average molecular weight is 499 g/mol. The number of benzene rings is 1. The second-order valence-electron chi connectivity index (χ2n) is 8.79. The number of carbonyl (C=O) groups is 1. The van der Waals surface area contributed by atoms with Gasteiger partial charge in [0.15, 0.2) is 12.3 Å². The minimum atomic E-state index is -3.91. The van der Waals surface area contributed by atoms with Crippen molar-refractivity contribution < 1.29 is 17.9 Å². The van der Waals surface area contributed by atoms with E-state index in [0.29, 0.717) is 29.5 Å². The van der Waals surface area contributed by atoms with Crippen molar-refractivity contribution in [3.05, 3.63) is 41.6 Å². The van der Waals surface area contributed by atoms with E-state index in [2.05, 4.69) is 19.8 Å². The fourth-order valence-electron chi connectivity index (χ4n) is 4.15. The molecule has 35 heavy (non-hydrogen) atoms. The molecule has 4 rings (SSSR count). The van der Waals surface area contributed by atoms with Crippen LogP contribution in [0, 0.1) is 13.8 Å². The van der Waals surface area contributed by atoms with E-state index >= 15 is 0 Å². The Hall–Kier alpha value is -3.47. The molecule has 3 aromatic rings. The molecule has 0 atom stereocenters. The SMILES string of the molecule is Cc1cc(C)c2c(OCC(=O)Nc3cccc(S(=O)(=O)/N=C4/CCCCCN4C)c3)nn(C)c2n1. The van der Waals surface area contributed by atoms with Gasteiger partial charge in [0.25, 0.3) is 15.9 Å². The van der Waals surface area contributed by atoms with Crippen LogP contribution < -0.4 is 10.1 Å². The van der Waals surface area contributed by atoms with Gasteiger partial charge in [-0.1, -0.05) is 12.5 Å². The van der Waals surface area contributed by atoms with Crippen LogP contribution in [-0.2, 0) is 21.9 Å². The molecule has 3 heterocycles. The van der Waals surface area contributed by atoms with Gasteiger partial charge in [0.1, 0.15) is 5.84 Å². The third-order valence-electron chi connectivity index (χ3n) is 5.90. The Bertz CT molecular complexity index is 1400. The van der Waals surface area contributed by atoms with Crippen LogP contribution in [0.4, 0.5) is 5.69 Å². The number of fused-ring (bicyclic) bond motifs is 1. The molecular weight excluding hydrogens is 468 g/mol. The number of aryl methyl sites for hydroxylation is 3. The number of nitrogens with one attached hydrogen (secondary N) is 1. The zero-order chi connectivity index (χ0) is 25.2. The number of rotatable bonds is 6.